The van der Waals surface area contributed by atoms with E-state index in [1.54, 1.807) is 0 Å². The number of hydrogen-bond donors (Lipinski definition) is 0. The lowest BCUT2D eigenvalue weighted by atomic mass is 9.79. The van der Waals surface area contributed by atoms with Crippen molar-refractivity contribution in [3.63, 3.8) is 0 Å². The maximum atomic E-state index is 2.32. The Morgan fingerprint density at radius 1 is 1.06 bits per heavy atom. The normalized spacial score (nSPS) is 24.4. The largest absolute Gasteiger partial charge is 0.367 e. The minimum Gasteiger partial charge on any atom is -0.367 e. The van der Waals surface area contributed by atoms with Gasteiger partial charge in [-0.15, -0.1) is 0 Å². The summed E-state index contributed by atoms with van der Waals surface area (Å²) in [5.41, 5.74) is 5.43. The third-order valence-electron chi connectivity index (χ3n) is 3.98. The summed E-state index contributed by atoms with van der Waals surface area (Å²) in [4.78, 5) is 2.32. The molecule has 0 saturated carbocycles. The highest BCUT2D eigenvalue weighted by Crippen LogP contribution is 2.39. The summed E-state index contributed by atoms with van der Waals surface area (Å²) in [6.07, 6.45) is 4.51. The molecule has 1 heterocycles. The van der Waals surface area contributed by atoms with E-state index in [0.29, 0.717) is 0 Å². The van der Waals surface area contributed by atoms with Crippen molar-refractivity contribution >= 4 is 0 Å². The predicted molar refractivity (Wildman–Crippen MR) is 73.8 cm³/mol. The first kappa shape index (κ1) is 12.0. The van der Waals surface area contributed by atoms with Gasteiger partial charge in [0.1, 0.15) is 0 Å². The van der Waals surface area contributed by atoms with Crippen LogP contribution in [0.25, 0.3) is 0 Å². The SMILES string of the molecule is CC1=CN(C)C(C)(c2ccccc2C)C(C)=C1. The summed E-state index contributed by atoms with van der Waals surface area (Å²) in [7, 11) is 2.16. The van der Waals surface area contributed by atoms with Gasteiger partial charge in [-0.05, 0) is 50.0 Å². The van der Waals surface area contributed by atoms with Gasteiger partial charge < -0.3 is 4.90 Å². The Labute approximate surface area is 104 Å². The van der Waals surface area contributed by atoms with Crippen LogP contribution in [-0.2, 0) is 5.54 Å². The van der Waals surface area contributed by atoms with Crippen LogP contribution in [0.1, 0.15) is 31.9 Å². The molecule has 0 N–H and O–H groups in total. The molecule has 1 aliphatic heterocycles. The van der Waals surface area contributed by atoms with Crippen molar-refractivity contribution in [1.82, 2.24) is 4.90 Å². The average Bonchev–Trinajstić information content (AvgIpc) is 2.26. The zero-order valence-electron chi connectivity index (χ0n) is 11.4. The van der Waals surface area contributed by atoms with E-state index in [1.807, 2.05) is 0 Å². The van der Waals surface area contributed by atoms with Crippen LogP contribution in [0.5, 0.6) is 0 Å². The Morgan fingerprint density at radius 3 is 2.29 bits per heavy atom. The first-order valence-electron chi connectivity index (χ1n) is 6.12. The van der Waals surface area contributed by atoms with Crippen molar-refractivity contribution in [2.75, 3.05) is 7.05 Å². The molecule has 1 aliphatic rings. The fraction of sp³-hybridized carbons (Fsp3) is 0.375. The Morgan fingerprint density at radius 2 is 1.71 bits per heavy atom. The third-order valence-corrected chi connectivity index (χ3v) is 3.98. The van der Waals surface area contributed by atoms with E-state index in [9.17, 15) is 0 Å². The lowest BCUT2D eigenvalue weighted by molar-refractivity contribution is 0.241. The van der Waals surface area contributed by atoms with Gasteiger partial charge in [0.25, 0.3) is 0 Å². The third kappa shape index (κ3) is 1.80. The molecular formula is C16H21N. The van der Waals surface area contributed by atoms with E-state index < -0.39 is 0 Å². The molecule has 0 aromatic heterocycles. The zero-order valence-corrected chi connectivity index (χ0v) is 11.4. The van der Waals surface area contributed by atoms with Gasteiger partial charge >= 0.3 is 0 Å². The summed E-state index contributed by atoms with van der Waals surface area (Å²) < 4.78 is 0. The molecular weight excluding hydrogens is 206 g/mol. The van der Waals surface area contributed by atoms with E-state index in [2.05, 4.69) is 76.2 Å². The summed E-state index contributed by atoms with van der Waals surface area (Å²) in [5.74, 6) is 0. The van der Waals surface area contributed by atoms with Crippen molar-refractivity contribution in [2.45, 2.75) is 33.2 Å². The summed E-state index contributed by atoms with van der Waals surface area (Å²) in [6.45, 7) is 8.86. The van der Waals surface area contributed by atoms with Crippen molar-refractivity contribution in [1.29, 1.82) is 0 Å². The molecule has 0 aliphatic carbocycles. The lowest BCUT2D eigenvalue weighted by Gasteiger charge is -2.43. The standard InChI is InChI=1S/C16H21N/c1-12-10-14(3)16(4,17(5)11-12)15-9-7-6-8-13(15)2/h6-11H,1-5H3. The molecule has 0 radical (unpaired) electrons. The summed E-state index contributed by atoms with van der Waals surface area (Å²) >= 11 is 0. The minimum absolute atomic E-state index is 0.0230. The Bertz CT molecular complexity index is 496. The van der Waals surface area contributed by atoms with Gasteiger partial charge in [0.15, 0.2) is 0 Å². The molecule has 1 heteroatoms. The van der Waals surface area contributed by atoms with Crippen molar-refractivity contribution in [3.8, 4) is 0 Å². The summed E-state index contributed by atoms with van der Waals surface area (Å²) in [6, 6.07) is 8.65. The van der Waals surface area contributed by atoms with Gasteiger partial charge in [0.05, 0.1) is 5.54 Å². The molecule has 0 spiro atoms. The van der Waals surface area contributed by atoms with Crippen LogP contribution in [0.2, 0.25) is 0 Å². The first-order valence-corrected chi connectivity index (χ1v) is 6.12. The second-order valence-corrected chi connectivity index (χ2v) is 5.20. The van der Waals surface area contributed by atoms with Gasteiger partial charge in [-0.25, -0.2) is 0 Å². The molecule has 1 nitrogen and oxygen atoms in total. The molecule has 1 atom stereocenters. The first-order chi connectivity index (χ1) is 7.96. The van der Waals surface area contributed by atoms with Crippen LogP contribution in [0.4, 0.5) is 0 Å². The van der Waals surface area contributed by atoms with Gasteiger partial charge in [0.2, 0.25) is 0 Å². The second kappa shape index (κ2) is 4.06. The molecule has 0 fully saturated rings. The van der Waals surface area contributed by atoms with Gasteiger partial charge in [0, 0.05) is 13.2 Å². The van der Waals surface area contributed by atoms with Gasteiger partial charge in [-0.2, -0.15) is 0 Å². The van der Waals surface area contributed by atoms with Crippen molar-refractivity contribution in [3.05, 3.63) is 58.8 Å². The highest BCUT2D eigenvalue weighted by atomic mass is 15.2. The van der Waals surface area contributed by atoms with Crippen molar-refractivity contribution < 1.29 is 0 Å². The maximum absolute atomic E-state index is 2.32. The fourth-order valence-electron chi connectivity index (χ4n) is 2.75. The quantitative estimate of drug-likeness (QED) is 0.700. The molecule has 90 valence electrons. The average molecular weight is 227 g/mol. The van der Waals surface area contributed by atoms with Gasteiger partial charge in [-0.3, -0.25) is 0 Å². The van der Waals surface area contributed by atoms with Crippen LogP contribution >= 0.6 is 0 Å². The molecule has 1 aromatic carbocycles. The number of benzene rings is 1. The van der Waals surface area contributed by atoms with E-state index in [1.165, 1.54) is 22.3 Å². The number of nitrogens with zero attached hydrogens (tertiary/aromatic N) is 1. The van der Waals surface area contributed by atoms with Crippen LogP contribution < -0.4 is 0 Å². The predicted octanol–water partition coefficient (Wildman–Crippen LogP) is 4.01. The molecule has 2 rings (SSSR count). The Balaban J connectivity index is 2.58. The number of aryl methyl sites for hydroxylation is 1. The number of rotatable bonds is 1. The topological polar surface area (TPSA) is 3.24 Å². The van der Waals surface area contributed by atoms with Crippen LogP contribution in [0.3, 0.4) is 0 Å². The smallest absolute Gasteiger partial charge is 0.0832 e. The molecule has 1 aromatic rings. The highest BCUT2D eigenvalue weighted by molar-refractivity contribution is 5.44. The number of allylic oxidation sites excluding steroid dienone is 2. The lowest BCUT2D eigenvalue weighted by Crippen LogP contribution is -2.41. The van der Waals surface area contributed by atoms with Crippen LogP contribution in [0.15, 0.2) is 47.7 Å². The van der Waals surface area contributed by atoms with Crippen molar-refractivity contribution in [2.24, 2.45) is 0 Å². The molecule has 0 amide bonds. The molecule has 0 bridgehead atoms. The minimum atomic E-state index is -0.0230. The maximum Gasteiger partial charge on any atom is 0.0832 e. The number of likely N-dealkylation sites (N-methyl/N-ethyl adjacent to an activating group) is 1. The molecule has 0 saturated heterocycles. The van der Waals surface area contributed by atoms with E-state index >= 15 is 0 Å². The van der Waals surface area contributed by atoms with Crippen LogP contribution in [-0.4, -0.2) is 11.9 Å². The number of hydrogen-bond acceptors (Lipinski definition) is 1. The van der Waals surface area contributed by atoms with Gasteiger partial charge in [-0.1, -0.05) is 30.3 Å². The van der Waals surface area contributed by atoms with E-state index in [0.717, 1.165) is 0 Å². The highest BCUT2D eigenvalue weighted by Gasteiger charge is 2.34. The zero-order chi connectivity index (χ0) is 12.6. The molecule has 1 unspecified atom stereocenters. The van der Waals surface area contributed by atoms with E-state index in [4.69, 9.17) is 0 Å². The summed E-state index contributed by atoms with van der Waals surface area (Å²) in [5, 5.41) is 0. The second-order valence-electron chi connectivity index (χ2n) is 5.20. The van der Waals surface area contributed by atoms with Crippen LogP contribution in [0, 0.1) is 6.92 Å². The monoisotopic (exact) mass is 227 g/mol. The Kier molecular flexibility index (Phi) is 2.86. The Hall–Kier alpha value is -1.50. The fourth-order valence-corrected chi connectivity index (χ4v) is 2.75. The molecule has 17 heavy (non-hydrogen) atoms. The van der Waals surface area contributed by atoms with E-state index in [-0.39, 0.29) is 5.54 Å².